The summed E-state index contributed by atoms with van der Waals surface area (Å²) in [6.45, 7) is 1.67. The summed E-state index contributed by atoms with van der Waals surface area (Å²) in [5.41, 5.74) is 3.90. The van der Waals surface area contributed by atoms with Gasteiger partial charge in [-0.2, -0.15) is 4.31 Å². The van der Waals surface area contributed by atoms with Crippen LogP contribution in [0.2, 0.25) is 4.34 Å². The molecule has 2 N–H and O–H groups in total. The van der Waals surface area contributed by atoms with E-state index >= 15 is 0 Å². The maximum Gasteiger partial charge on any atom is 0.300 e. The highest BCUT2D eigenvalue weighted by atomic mass is 35.5. The maximum absolute atomic E-state index is 12.4. The van der Waals surface area contributed by atoms with Crippen molar-refractivity contribution in [2.45, 2.75) is 17.6 Å². The quantitative estimate of drug-likeness (QED) is 0.643. The van der Waals surface area contributed by atoms with Gasteiger partial charge >= 0.3 is 0 Å². The standard InChI is InChI=1S/C10H12ClN3O5S2/c1-10(9(12)15)2-3-13(5-10)21(18,19)7-4-6(14(16)17)8(11)20-7/h4H,2-3,5H2,1H3,(H2,12,15). The molecule has 0 spiro atoms. The van der Waals surface area contributed by atoms with Gasteiger partial charge in [-0.15, -0.1) is 11.3 Å². The highest BCUT2D eigenvalue weighted by Gasteiger charge is 2.44. The Hall–Kier alpha value is -1.23. The number of amides is 1. The molecule has 1 atom stereocenters. The zero-order chi connectivity index (χ0) is 16.0. The normalized spacial score (nSPS) is 23.3. The van der Waals surface area contributed by atoms with Crippen LogP contribution in [-0.4, -0.2) is 36.6 Å². The first-order valence-corrected chi connectivity index (χ1v) is 8.45. The topological polar surface area (TPSA) is 124 Å². The van der Waals surface area contributed by atoms with Crippen molar-refractivity contribution < 1.29 is 18.1 Å². The van der Waals surface area contributed by atoms with Crippen molar-refractivity contribution >= 4 is 44.6 Å². The van der Waals surface area contributed by atoms with Crippen molar-refractivity contribution in [3.63, 3.8) is 0 Å². The lowest BCUT2D eigenvalue weighted by Gasteiger charge is -2.20. The molecule has 0 aliphatic carbocycles. The number of nitro groups is 1. The number of thiophene rings is 1. The number of carbonyl (C=O) groups excluding carboxylic acids is 1. The van der Waals surface area contributed by atoms with E-state index in [-0.39, 0.29) is 21.6 Å². The second-order valence-corrected chi connectivity index (χ2v) is 8.81. The molecule has 1 aliphatic rings. The van der Waals surface area contributed by atoms with E-state index in [1.807, 2.05) is 0 Å². The minimum atomic E-state index is -3.92. The Morgan fingerprint density at radius 2 is 2.24 bits per heavy atom. The lowest BCUT2D eigenvalue weighted by atomic mass is 9.89. The smallest absolute Gasteiger partial charge is 0.300 e. The average molecular weight is 354 g/mol. The molecule has 0 aromatic carbocycles. The van der Waals surface area contributed by atoms with Crippen LogP contribution in [0.3, 0.4) is 0 Å². The molecule has 0 radical (unpaired) electrons. The van der Waals surface area contributed by atoms with E-state index in [4.69, 9.17) is 17.3 Å². The fourth-order valence-corrected chi connectivity index (χ4v) is 5.43. The molecule has 1 fully saturated rings. The number of primary amides is 1. The number of sulfonamides is 1. The van der Waals surface area contributed by atoms with Crippen molar-refractivity contribution in [1.29, 1.82) is 0 Å². The van der Waals surface area contributed by atoms with Crippen LogP contribution in [0.25, 0.3) is 0 Å². The zero-order valence-corrected chi connectivity index (χ0v) is 13.3. The van der Waals surface area contributed by atoms with E-state index in [9.17, 15) is 23.3 Å². The van der Waals surface area contributed by atoms with Crippen LogP contribution < -0.4 is 5.73 Å². The summed E-state index contributed by atoms with van der Waals surface area (Å²) in [5, 5.41) is 10.7. The first-order valence-electron chi connectivity index (χ1n) is 5.82. The highest BCUT2D eigenvalue weighted by Crippen LogP contribution is 2.40. The van der Waals surface area contributed by atoms with Crippen LogP contribution in [0.15, 0.2) is 10.3 Å². The van der Waals surface area contributed by atoms with Crippen LogP contribution in [-0.2, 0) is 14.8 Å². The summed E-state index contributed by atoms with van der Waals surface area (Å²) in [4.78, 5) is 21.4. The molecule has 1 unspecified atom stereocenters. The SMILES string of the molecule is CC1(C(N)=O)CCN(S(=O)(=O)c2cc([N+](=O)[O-])c(Cl)s2)C1. The van der Waals surface area contributed by atoms with Crippen LogP contribution in [0.1, 0.15) is 13.3 Å². The number of nitrogens with zero attached hydrogens (tertiary/aromatic N) is 2. The molecule has 2 rings (SSSR count). The minimum absolute atomic E-state index is 0.0476. The van der Waals surface area contributed by atoms with Gasteiger partial charge < -0.3 is 5.73 Å². The van der Waals surface area contributed by atoms with Crippen LogP contribution in [0.5, 0.6) is 0 Å². The second-order valence-electron chi connectivity index (χ2n) is 4.99. The summed E-state index contributed by atoms with van der Waals surface area (Å²) < 4.78 is 25.6. The number of carbonyl (C=O) groups is 1. The fraction of sp³-hybridized carbons (Fsp3) is 0.500. The van der Waals surface area contributed by atoms with E-state index in [1.165, 1.54) is 0 Å². The van der Waals surface area contributed by atoms with Crippen LogP contribution in [0.4, 0.5) is 5.69 Å². The molecule has 1 aromatic rings. The number of rotatable bonds is 4. The summed E-state index contributed by atoms with van der Waals surface area (Å²) in [6.07, 6.45) is 0.308. The Bertz CT molecular complexity index is 716. The second kappa shape index (κ2) is 5.20. The molecule has 1 saturated heterocycles. The average Bonchev–Trinajstić information content (AvgIpc) is 2.94. The molecule has 8 nitrogen and oxygen atoms in total. The number of nitrogens with two attached hydrogens (primary N) is 1. The summed E-state index contributed by atoms with van der Waals surface area (Å²) in [7, 11) is -3.92. The first kappa shape index (κ1) is 16.1. The van der Waals surface area contributed by atoms with Gasteiger partial charge in [0.05, 0.1) is 10.3 Å². The van der Waals surface area contributed by atoms with Gasteiger partial charge in [0.15, 0.2) is 4.34 Å². The highest BCUT2D eigenvalue weighted by molar-refractivity contribution is 7.91. The van der Waals surface area contributed by atoms with Gasteiger partial charge in [-0.3, -0.25) is 14.9 Å². The van der Waals surface area contributed by atoms with Crippen molar-refractivity contribution in [3.8, 4) is 0 Å². The van der Waals surface area contributed by atoms with E-state index in [0.29, 0.717) is 17.8 Å². The van der Waals surface area contributed by atoms with Gasteiger partial charge in [0.25, 0.3) is 15.7 Å². The first-order chi connectivity index (χ1) is 9.58. The lowest BCUT2D eigenvalue weighted by Crippen LogP contribution is -2.38. The maximum atomic E-state index is 12.4. The van der Waals surface area contributed by atoms with Gasteiger partial charge in [-0.05, 0) is 13.3 Å². The van der Waals surface area contributed by atoms with Crippen molar-refractivity contribution in [1.82, 2.24) is 4.31 Å². The Labute approximate surface area is 129 Å². The molecule has 1 aromatic heterocycles. The van der Waals surface area contributed by atoms with Crippen molar-refractivity contribution in [3.05, 3.63) is 20.5 Å². The van der Waals surface area contributed by atoms with Gasteiger partial charge in [0.1, 0.15) is 4.21 Å². The van der Waals surface area contributed by atoms with E-state index in [2.05, 4.69) is 0 Å². The van der Waals surface area contributed by atoms with Gasteiger partial charge in [-0.1, -0.05) is 11.6 Å². The molecular formula is C10H12ClN3O5S2. The van der Waals surface area contributed by atoms with Crippen LogP contribution in [0, 0.1) is 15.5 Å². The third-order valence-electron chi connectivity index (χ3n) is 3.47. The predicted octanol–water partition coefficient (Wildman–Crippen LogP) is 1.20. The summed E-state index contributed by atoms with van der Waals surface area (Å²) in [6, 6.07) is 0.933. The number of halogens is 1. The Morgan fingerprint density at radius 3 is 2.67 bits per heavy atom. The molecule has 21 heavy (non-hydrogen) atoms. The number of hydrogen-bond donors (Lipinski definition) is 1. The minimum Gasteiger partial charge on any atom is -0.369 e. The number of hydrogen-bond acceptors (Lipinski definition) is 6. The molecular weight excluding hydrogens is 342 g/mol. The molecule has 1 aliphatic heterocycles. The van der Waals surface area contributed by atoms with Crippen LogP contribution >= 0.6 is 22.9 Å². The lowest BCUT2D eigenvalue weighted by molar-refractivity contribution is -0.384. The van der Waals surface area contributed by atoms with E-state index in [1.54, 1.807) is 6.92 Å². The molecule has 116 valence electrons. The Kier molecular flexibility index (Phi) is 4.00. The molecule has 0 saturated carbocycles. The van der Waals surface area contributed by atoms with E-state index < -0.39 is 32.0 Å². The fourth-order valence-electron chi connectivity index (χ4n) is 2.04. The molecule has 0 bridgehead atoms. The molecule has 2 heterocycles. The molecule has 1 amide bonds. The monoisotopic (exact) mass is 353 g/mol. The van der Waals surface area contributed by atoms with Crippen molar-refractivity contribution in [2.75, 3.05) is 13.1 Å². The summed E-state index contributed by atoms with van der Waals surface area (Å²) in [5.74, 6) is -0.574. The van der Waals surface area contributed by atoms with Gasteiger partial charge in [0.2, 0.25) is 5.91 Å². The third kappa shape index (κ3) is 2.76. The van der Waals surface area contributed by atoms with Crippen molar-refractivity contribution in [2.24, 2.45) is 11.1 Å². The largest absolute Gasteiger partial charge is 0.369 e. The predicted molar refractivity (Wildman–Crippen MR) is 76.7 cm³/mol. The Morgan fingerprint density at radius 1 is 1.62 bits per heavy atom. The zero-order valence-electron chi connectivity index (χ0n) is 10.9. The third-order valence-corrected chi connectivity index (χ3v) is 7.10. The Balaban J connectivity index is 2.34. The van der Waals surface area contributed by atoms with Gasteiger partial charge in [0, 0.05) is 19.2 Å². The van der Waals surface area contributed by atoms with E-state index in [0.717, 1.165) is 10.4 Å². The summed E-state index contributed by atoms with van der Waals surface area (Å²) >= 11 is 6.30. The van der Waals surface area contributed by atoms with Gasteiger partial charge in [-0.25, -0.2) is 8.42 Å². The molecule has 11 heteroatoms.